The summed E-state index contributed by atoms with van der Waals surface area (Å²) in [5.41, 5.74) is 0. The second-order valence-corrected chi connectivity index (χ2v) is 23.6. The molecule has 3 aliphatic heterocycles. The van der Waals surface area contributed by atoms with Crippen LogP contribution in [0.5, 0.6) is 0 Å². The average Bonchev–Trinajstić information content (AvgIpc) is 2.07. The van der Waals surface area contributed by atoms with Crippen LogP contribution < -0.4 is 10.6 Å². The molecule has 14 N–H and O–H groups in total. The Balaban J connectivity index is 1.61. The molecule has 0 aromatic rings. The Hall–Kier alpha value is -2.27. The lowest BCUT2D eigenvalue weighted by atomic mass is 9.88. The number of carbonyl (C=O) groups excluding carboxylic acids is 2. The minimum absolute atomic E-state index is 0.226. The Morgan fingerprint density at radius 3 is 1.51 bits per heavy atom. The fraction of sp³-hybridized carbons (Fsp3) is 0.950. The van der Waals surface area contributed by atoms with Crippen LogP contribution in [0.1, 0.15) is 226 Å². The summed E-state index contributed by atoms with van der Waals surface area (Å²) in [5, 5.41) is 136. The zero-order valence-electron chi connectivity index (χ0n) is 50.3. The van der Waals surface area contributed by atoms with Crippen LogP contribution in [0.4, 0.5) is 0 Å². The maximum atomic E-state index is 13.3. The van der Waals surface area contributed by atoms with Crippen molar-refractivity contribution in [2.24, 2.45) is 0 Å². The summed E-state index contributed by atoms with van der Waals surface area (Å²) in [4.78, 5) is 38.3. The number of carboxylic acid groups (broad SMARTS) is 1. The van der Waals surface area contributed by atoms with Gasteiger partial charge in [0.2, 0.25) is 11.8 Å². The molecule has 0 aromatic heterocycles. The molecule has 3 heterocycles. The lowest BCUT2D eigenvalue weighted by molar-refractivity contribution is -0.386. The van der Waals surface area contributed by atoms with Gasteiger partial charge in [-0.1, -0.05) is 194 Å². The highest BCUT2D eigenvalue weighted by atomic mass is 16.8. The first-order valence-electron chi connectivity index (χ1n) is 31.9. The number of amides is 2. The van der Waals surface area contributed by atoms with Gasteiger partial charge in [0.25, 0.3) is 5.79 Å². The van der Waals surface area contributed by atoms with E-state index in [9.17, 15) is 75.7 Å². The number of nitrogens with one attached hydrogen (secondary N) is 2. The Bertz CT molecular complexity index is 1710. The van der Waals surface area contributed by atoms with Crippen molar-refractivity contribution < 1.29 is 104 Å². The van der Waals surface area contributed by atoms with E-state index in [2.05, 4.69) is 24.5 Å². The Kier molecular flexibility index (Phi) is 38.5. The van der Waals surface area contributed by atoms with Gasteiger partial charge < -0.3 is 100 Å². The van der Waals surface area contributed by atoms with Gasteiger partial charge in [0, 0.05) is 19.8 Å². The van der Waals surface area contributed by atoms with E-state index in [0.29, 0.717) is 19.3 Å². The predicted molar refractivity (Wildman–Crippen MR) is 306 cm³/mol. The van der Waals surface area contributed by atoms with Crippen molar-refractivity contribution in [1.82, 2.24) is 10.6 Å². The molecule has 23 nitrogen and oxygen atoms in total. The minimum atomic E-state index is -3.07. The van der Waals surface area contributed by atoms with Crippen molar-refractivity contribution >= 4 is 17.8 Å². The Labute approximate surface area is 493 Å². The number of unbranched alkanes of at least 4 members (excludes halogenated alkanes) is 27. The van der Waals surface area contributed by atoms with Gasteiger partial charge in [-0.15, -0.1) is 0 Å². The molecule has 18 unspecified atom stereocenters. The molecule has 488 valence electrons. The monoisotopic (exact) mass is 1200 g/mol. The van der Waals surface area contributed by atoms with E-state index in [1.807, 2.05) is 0 Å². The van der Waals surface area contributed by atoms with Crippen LogP contribution in [0.15, 0.2) is 0 Å². The molecule has 0 aromatic carbocycles. The van der Waals surface area contributed by atoms with Crippen LogP contribution >= 0.6 is 0 Å². The van der Waals surface area contributed by atoms with Gasteiger partial charge in [-0.25, -0.2) is 4.79 Å². The number of aliphatic carboxylic acids is 1. The number of rotatable bonds is 47. The summed E-state index contributed by atoms with van der Waals surface area (Å²) in [6, 6.07) is -2.52. The average molecular weight is 1200 g/mol. The highest BCUT2D eigenvalue weighted by Gasteiger charge is 2.60. The van der Waals surface area contributed by atoms with Gasteiger partial charge in [-0.2, -0.15) is 0 Å². The highest BCUT2D eigenvalue weighted by molar-refractivity contribution is 5.77. The molecular formula is C60H112N2O21. The van der Waals surface area contributed by atoms with Gasteiger partial charge in [0.15, 0.2) is 12.6 Å². The highest BCUT2D eigenvalue weighted by Crippen LogP contribution is 2.38. The topological polar surface area (TPSA) is 373 Å². The Morgan fingerprint density at radius 2 is 1.05 bits per heavy atom. The van der Waals surface area contributed by atoms with E-state index in [-0.39, 0.29) is 18.9 Å². The van der Waals surface area contributed by atoms with Gasteiger partial charge in [-0.05, 0) is 12.8 Å². The van der Waals surface area contributed by atoms with Crippen molar-refractivity contribution in [1.29, 1.82) is 0 Å². The molecule has 0 saturated carbocycles. The molecule has 0 aliphatic carbocycles. The first-order chi connectivity index (χ1) is 39.9. The SMILES string of the molecule is CCCCCCCCCCCCCCCCCCCCCCC(O)C(COC1OC(CO)C(OC2OC(CO)C(O)C(OC3(C(=O)O)CC(O)C(NC(C)=O)C(C(O)C(O)CO)O3)C2O)C(O)C1O)NC(=O)CCCCCCCCCCC. The molecule has 3 aliphatic rings. The summed E-state index contributed by atoms with van der Waals surface area (Å²) in [6.07, 6.45) is 5.72. The van der Waals surface area contributed by atoms with Crippen LogP contribution in [-0.2, 0) is 42.8 Å². The quantitative estimate of drug-likeness (QED) is 0.0386. The second kappa shape index (κ2) is 42.6. The fourth-order valence-corrected chi connectivity index (χ4v) is 11.4. The first-order valence-corrected chi connectivity index (χ1v) is 31.9. The number of hydrogen-bond donors (Lipinski definition) is 14. The molecule has 3 saturated heterocycles. The maximum Gasteiger partial charge on any atom is 0.364 e. The predicted octanol–water partition coefficient (Wildman–Crippen LogP) is 3.78. The van der Waals surface area contributed by atoms with E-state index in [0.717, 1.165) is 58.3 Å². The minimum Gasteiger partial charge on any atom is -0.477 e. The van der Waals surface area contributed by atoms with Gasteiger partial charge in [0.05, 0.1) is 50.7 Å². The lowest BCUT2D eigenvalue weighted by Crippen LogP contribution is -2.70. The summed E-state index contributed by atoms with van der Waals surface area (Å²) < 4.78 is 34.7. The van der Waals surface area contributed by atoms with Gasteiger partial charge >= 0.3 is 5.97 Å². The number of aliphatic hydroxyl groups excluding tert-OH is 11. The lowest BCUT2D eigenvalue weighted by Gasteiger charge is -2.50. The van der Waals surface area contributed by atoms with E-state index in [4.69, 9.17) is 28.4 Å². The first kappa shape index (κ1) is 75.0. The van der Waals surface area contributed by atoms with Gasteiger partial charge in [-0.3, -0.25) is 9.59 Å². The zero-order valence-corrected chi connectivity index (χ0v) is 50.3. The normalized spacial score (nSPS) is 29.9. The third-order valence-corrected chi connectivity index (χ3v) is 16.6. The Morgan fingerprint density at radius 1 is 0.578 bits per heavy atom. The van der Waals surface area contributed by atoms with E-state index in [1.54, 1.807) is 0 Å². The summed E-state index contributed by atoms with van der Waals surface area (Å²) in [7, 11) is 0. The molecule has 3 fully saturated rings. The largest absolute Gasteiger partial charge is 0.477 e. The van der Waals surface area contributed by atoms with Crippen LogP contribution in [0, 0.1) is 0 Å². The third-order valence-electron chi connectivity index (χ3n) is 16.6. The van der Waals surface area contributed by atoms with E-state index in [1.165, 1.54) is 122 Å². The molecule has 0 bridgehead atoms. The molecule has 23 heteroatoms. The van der Waals surface area contributed by atoms with E-state index < -0.39 is 148 Å². The number of carboxylic acids is 1. The standard InChI is InChI=1S/C60H112N2O21/c1-4-6-8-10-12-14-15-16-17-18-19-20-21-22-23-24-26-27-29-31-33-42(67)41(62-47(70)34-32-30-28-25-13-11-9-7-5-2)39-78-57-52(74)51(73)54(46(38-65)80-57)81-58-53(75)56(50(72)45(37-64)79-58)83-60(59(76)77)35-43(68)48(61-40(3)66)55(82-60)49(71)44(69)36-63/h41-46,48-58,63-65,67-69,71-75H,4-39H2,1-3H3,(H,61,66)(H,62,70)(H,76,77). The smallest absolute Gasteiger partial charge is 0.364 e. The molecule has 3 rings (SSSR count). The fourth-order valence-electron chi connectivity index (χ4n) is 11.4. The van der Waals surface area contributed by atoms with Crippen LogP contribution in [0.3, 0.4) is 0 Å². The maximum absolute atomic E-state index is 13.3. The number of ether oxygens (including phenoxy) is 6. The third kappa shape index (κ3) is 26.5. The van der Waals surface area contributed by atoms with Crippen LogP contribution in [0.2, 0.25) is 0 Å². The number of aliphatic hydroxyl groups is 11. The second-order valence-electron chi connectivity index (χ2n) is 23.6. The number of hydrogen-bond acceptors (Lipinski definition) is 20. The van der Waals surface area contributed by atoms with Crippen molar-refractivity contribution in [3.8, 4) is 0 Å². The van der Waals surface area contributed by atoms with E-state index >= 15 is 0 Å². The summed E-state index contributed by atoms with van der Waals surface area (Å²) >= 11 is 0. The summed E-state index contributed by atoms with van der Waals surface area (Å²) in [6.45, 7) is 2.16. The molecule has 0 spiro atoms. The zero-order chi connectivity index (χ0) is 61.2. The van der Waals surface area contributed by atoms with Crippen LogP contribution in [-0.4, -0.2) is 215 Å². The van der Waals surface area contributed by atoms with Crippen LogP contribution in [0.25, 0.3) is 0 Å². The van der Waals surface area contributed by atoms with Crippen molar-refractivity contribution in [2.45, 2.75) is 336 Å². The molecular weight excluding hydrogens is 1080 g/mol. The summed E-state index contributed by atoms with van der Waals surface area (Å²) in [5.74, 6) is -6.10. The molecule has 18 atom stereocenters. The van der Waals surface area contributed by atoms with Crippen molar-refractivity contribution in [3.63, 3.8) is 0 Å². The molecule has 2 amide bonds. The van der Waals surface area contributed by atoms with Crippen molar-refractivity contribution in [3.05, 3.63) is 0 Å². The molecule has 0 radical (unpaired) electrons. The van der Waals surface area contributed by atoms with Gasteiger partial charge in [0.1, 0.15) is 67.1 Å². The number of carbonyl (C=O) groups is 3. The van der Waals surface area contributed by atoms with Crippen molar-refractivity contribution in [2.75, 3.05) is 26.4 Å². The molecule has 83 heavy (non-hydrogen) atoms.